The summed E-state index contributed by atoms with van der Waals surface area (Å²) < 4.78 is 0. The van der Waals surface area contributed by atoms with Crippen LogP contribution in [0.15, 0.2) is 103 Å². The van der Waals surface area contributed by atoms with E-state index < -0.39 is 0 Å². The smallest absolute Gasteiger partial charge is 0.251 e. The number of hydrogen-bond donors (Lipinski definition) is 2. The van der Waals surface area contributed by atoms with Gasteiger partial charge in [0, 0.05) is 23.2 Å². The molecule has 1 amide bonds. The van der Waals surface area contributed by atoms with Crippen molar-refractivity contribution in [2.24, 2.45) is 0 Å². The molecular formula is C33H27N5O. The molecule has 6 heteroatoms. The van der Waals surface area contributed by atoms with E-state index >= 15 is 0 Å². The van der Waals surface area contributed by atoms with Crippen molar-refractivity contribution in [1.82, 2.24) is 20.6 Å². The highest BCUT2D eigenvalue weighted by Gasteiger charge is 2.35. The second kappa shape index (κ2) is 10.5. The van der Waals surface area contributed by atoms with Crippen molar-refractivity contribution in [3.05, 3.63) is 120 Å². The molecule has 39 heavy (non-hydrogen) atoms. The van der Waals surface area contributed by atoms with Crippen LogP contribution in [0.1, 0.15) is 27.9 Å². The fraction of sp³-hybridized carbons (Fsp3) is 0.152. The third-order valence-electron chi connectivity index (χ3n) is 7.29. The Balaban J connectivity index is 1.28. The van der Waals surface area contributed by atoms with Gasteiger partial charge in [0.1, 0.15) is 0 Å². The van der Waals surface area contributed by atoms with Crippen molar-refractivity contribution in [1.29, 1.82) is 5.26 Å². The number of carbonyl (C=O) groups excluding carboxylic acids is 1. The van der Waals surface area contributed by atoms with Gasteiger partial charge in [0.05, 0.1) is 39.6 Å². The lowest BCUT2D eigenvalue weighted by Crippen LogP contribution is -2.51. The van der Waals surface area contributed by atoms with Crippen LogP contribution in [0.5, 0.6) is 0 Å². The number of nitrogens with zero attached hydrogens (tertiary/aromatic N) is 3. The van der Waals surface area contributed by atoms with Gasteiger partial charge in [-0.1, -0.05) is 66.7 Å². The highest BCUT2D eigenvalue weighted by atomic mass is 16.1. The first-order chi connectivity index (χ1) is 19.1. The molecule has 1 saturated heterocycles. The Hall–Kier alpha value is -4.86. The molecule has 1 aliphatic heterocycles. The van der Waals surface area contributed by atoms with E-state index in [1.807, 2.05) is 42.5 Å². The quantitative estimate of drug-likeness (QED) is 0.314. The molecule has 6 nitrogen and oxygen atoms in total. The molecule has 0 bridgehead atoms. The first-order valence-electron chi connectivity index (χ1n) is 13.1. The molecule has 1 aromatic heterocycles. The first kappa shape index (κ1) is 24.5. The highest BCUT2D eigenvalue weighted by Crippen LogP contribution is 2.32. The number of rotatable bonds is 6. The molecule has 0 spiro atoms. The fourth-order valence-electron chi connectivity index (χ4n) is 5.22. The minimum atomic E-state index is -0.384. The Morgan fingerprint density at radius 2 is 1.44 bits per heavy atom. The van der Waals surface area contributed by atoms with E-state index in [0.29, 0.717) is 24.1 Å². The average Bonchev–Trinajstić information content (AvgIpc) is 3.45. The second-order valence-corrected chi connectivity index (χ2v) is 10.00. The molecule has 1 atom stereocenters. The lowest BCUT2D eigenvalue weighted by Gasteiger charge is -2.30. The van der Waals surface area contributed by atoms with E-state index in [0.717, 1.165) is 52.1 Å². The predicted octanol–water partition coefficient (Wildman–Crippen LogP) is 5.54. The molecule has 6 rings (SSSR count). The molecule has 1 aliphatic rings. The van der Waals surface area contributed by atoms with E-state index in [9.17, 15) is 4.79 Å². The SMILES string of the molecule is N#Cc1ccc(C(=O)N[C@]2(Cc3ccc(-c4nc5ccccc5nc4-c4ccccc4)cc3)CCNC2)cc1. The zero-order valence-electron chi connectivity index (χ0n) is 21.4. The zero-order chi connectivity index (χ0) is 26.7. The van der Waals surface area contributed by atoms with Crippen LogP contribution >= 0.6 is 0 Å². The number of hydrogen-bond acceptors (Lipinski definition) is 5. The Morgan fingerprint density at radius 3 is 2.03 bits per heavy atom. The van der Waals surface area contributed by atoms with Crippen molar-refractivity contribution in [3.63, 3.8) is 0 Å². The largest absolute Gasteiger partial charge is 0.345 e. The number of aromatic nitrogens is 2. The minimum Gasteiger partial charge on any atom is -0.345 e. The topological polar surface area (TPSA) is 90.7 Å². The summed E-state index contributed by atoms with van der Waals surface area (Å²) in [5, 5.41) is 15.7. The molecule has 0 aliphatic carbocycles. The molecular weight excluding hydrogens is 482 g/mol. The number of para-hydroxylation sites is 2. The monoisotopic (exact) mass is 509 g/mol. The summed E-state index contributed by atoms with van der Waals surface area (Å²) in [6, 6.07) is 35.4. The van der Waals surface area contributed by atoms with E-state index in [2.05, 4.69) is 53.1 Å². The maximum Gasteiger partial charge on any atom is 0.251 e. The van der Waals surface area contributed by atoms with Crippen molar-refractivity contribution >= 4 is 16.9 Å². The number of carbonyl (C=O) groups is 1. The van der Waals surface area contributed by atoms with Gasteiger partial charge in [-0.2, -0.15) is 5.26 Å². The Labute approximate surface area is 227 Å². The molecule has 4 aromatic carbocycles. The number of amides is 1. The van der Waals surface area contributed by atoms with Crippen molar-refractivity contribution in [2.75, 3.05) is 13.1 Å². The van der Waals surface area contributed by atoms with Crippen LogP contribution < -0.4 is 10.6 Å². The summed E-state index contributed by atoms with van der Waals surface area (Å²) in [6.45, 7) is 1.55. The molecule has 5 aromatic rings. The fourth-order valence-corrected chi connectivity index (χ4v) is 5.22. The van der Waals surface area contributed by atoms with Gasteiger partial charge in [0.15, 0.2) is 0 Å². The molecule has 190 valence electrons. The lowest BCUT2D eigenvalue weighted by molar-refractivity contribution is 0.0905. The standard InChI is InChI=1S/C33H27N5O/c34-21-24-12-16-27(17-13-24)32(39)38-33(18-19-35-22-33)20-23-10-14-26(15-11-23)31-30(25-6-2-1-3-7-25)36-28-8-4-5-9-29(28)37-31/h1-17,35H,18-20,22H2,(H,38,39)/t33-/m0/s1. The van der Waals surface area contributed by atoms with Crippen LogP contribution in [0.3, 0.4) is 0 Å². The van der Waals surface area contributed by atoms with Crippen LogP contribution in [0.2, 0.25) is 0 Å². The van der Waals surface area contributed by atoms with Gasteiger partial charge in [-0.15, -0.1) is 0 Å². The Kier molecular flexibility index (Phi) is 6.58. The second-order valence-electron chi connectivity index (χ2n) is 10.00. The number of nitriles is 1. The highest BCUT2D eigenvalue weighted by molar-refractivity contribution is 5.95. The third kappa shape index (κ3) is 5.13. The van der Waals surface area contributed by atoms with Crippen LogP contribution in [0.4, 0.5) is 0 Å². The van der Waals surface area contributed by atoms with Crippen LogP contribution in [-0.4, -0.2) is 34.5 Å². The summed E-state index contributed by atoms with van der Waals surface area (Å²) in [6.07, 6.45) is 1.54. The van der Waals surface area contributed by atoms with Gasteiger partial charge in [0.2, 0.25) is 0 Å². The molecule has 0 saturated carbocycles. The zero-order valence-corrected chi connectivity index (χ0v) is 21.4. The van der Waals surface area contributed by atoms with Gasteiger partial charge in [0.25, 0.3) is 5.91 Å². The van der Waals surface area contributed by atoms with E-state index in [1.54, 1.807) is 24.3 Å². The maximum absolute atomic E-state index is 13.1. The van der Waals surface area contributed by atoms with Crippen LogP contribution in [0.25, 0.3) is 33.5 Å². The minimum absolute atomic E-state index is 0.126. The van der Waals surface area contributed by atoms with Gasteiger partial charge in [-0.3, -0.25) is 4.79 Å². The predicted molar refractivity (Wildman–Crippen MR) is 153 cm³/mol. The average molecular weight is 510 g/mol. The molecule has 1 fully saturated rings. The number of benzene rings is 4. The normalized spacial score (nSPS) is 16.6. The lowest BCUT2D eigenvalue weighted by atomic mass is 9.88. The number of nitrogens with one attached hydrogen (secondary N) is 2. The van der Waals surface area contributed by atoms with Crippen molar-refractivity contribution in [2.45, 2.75) is 18.4 Å². The maximum atomic E-state index is 13.1. The Morgan fingerprint density at radius 1 is 0.821 bits per heavy atom. The molecule has 0 unspecified atom stereocenters. The summed E-state index contributed by atoms with van der Waals surface area (Å²) in [7, 11) is 0. The molecule has 2 N–H and O–H groups in total. The number of fused-ring (bicyclic) bond motifs is 1. The summed E-state index contributed by atoms with van der Waals surface area (Å²) in [5.74, 6) is -0.126. The summed E-state index contributed by atoms with van der Waals surface area (Å²) in [4.78, 5) is 23.1. The van der Waals surface area contributed by atoms with Crippen LogP contribution in [0, 0.1) is 11.3 Å². The van der Waals surface area contributed by atoms with Crippen LogP contribution in [-0.2, 0) is 6.42 Å². The van der Waals surface area contributed by atoms with Gasteiger partial charge in [-0.25, -0.2) is 9.97 Å². The van der Waals surface area contributed by atoms with E-state index in [4.69, 9.17) is 15.2 Å². The first-order valence-corrected chi connectivity index (χ1v) is 13.1. The van der Waals surface area contributed by atoms with Gasteiger partial charge in [-0.05, 0) is 61.3 Å². The van der Waals surface area contributed by atoms with Crippen molar-refractivity contribution < 1.29 is 4.79 Å². The van der Waals surface area contributed by atoms with Gasteiger partial charge >= 0.3 is 0 Å². The summed E-state index contributed by atoms with van der Waals surface area (Å²) >= 11 is 0. The van der Waals surface area contributed by atoms with E-state index in [1.165, 1.54) is 0 Å². The Bertz CT molecular complexity index is 1670. The van der Waals surface area contributed by atoms with Gasteiger partial charge < -0.3 is 10.6 Å². The summed E-state index contributed by atoms with van der Waals surface area (Å²) in [5.41, 5.74) is 7.29. The third-order valence-corrected chi connectivity index (χ3v) is 7.29. The van der Waals surface area contributed by atoms with E-state index in [-0.39, 0.29) is 11.4 Å². The molecule has 2 heterocycles. The molecule has 0 radical (unpaired) electrons. The van der Waals surface area contributed by atoms with Crippen molar-refractivity contribution in [3.8, 4) is 28.6 Å².